The van der Waals surface area contributed by atoms with E-state index in [2.05, 4.69) is 10.3 Å². The second-order valence-electron chi connectivity index (χ2n) is 5.23. The van der Waals surface area contributed by atoms with Gasteiger partial charge in [0.25, 0.3) is 0 Å². The van der Waals surface area contributed by atoms with Gasteiger partial charge in [-0.05, 0) is 48.6 Å². The fraction of sp³-hybridized carbons (Fsp3) is 0.222. The second kappa shape index (κ2) is 7.33. The first kappa shape index (κ1) is 15.6. The van der Waals surface area contributed by atoms with E-state index in [1.54, 1.807) is 11.8 Å². The number of anilines is 1. The maximum Gasteiger partial charge on any atom is 0.221 e. The van der Waals surface area contributed by atoms with Gasteiger partial charge in [-0.15, -0.1) is 11.8 Å². The summed E-state index contributed by atoms with van der Waals surface area (Å²) in [4.78, 5) is 16.6. The van der Waals surface area contributed by atoms with E-state index in [0.29, 0.717) is 0 Å². The normalized spacial score (nSPS) is 10.8. The number of carbonyl (C=O) groups excluding carboxylic acids is 1. The molecule has 1 amide bonds. The highest BCUT2D eigenvalue weighted by Gasteiger charge is 2.04. The van der Waals surface area contributed by atoms with E-state index in [9.17, 15) is 4.79 Å². The highest BCUT2D eigenvalue weighted by Crippen LogP contribution is 2.22. The van der Waals surface area contributed by atoms with Crippen molar-refractivity contribution in [3.05, 3.63) is 54.4 Å². The number of aryl methyl sites for hydroxylation is 1. The molecular weight excluding hydrogens is 308 g/mol. The lowest BCUT2D eigenvalue weighted by atomic mass is 10.3. The Morgan fingerprint density at radius 2 is 1.96 bits per heavy atom. The van der Waals surface area contributed by atoms with Gasteiger partial charge in [0.1, 0.15) is 5.52 Å². The van der Waals surface area contributed by atoms with Crippen LogP contribution >= 0.6 is 11.8 Å². The molecule has 3 aromatic rings. The van der Waals surface area contributed by atoms with Crippen LogP contribution in [0, 0.1) is 0 Å². The molecule has 1 aromatic heterocycles. The van der Waals surface area contributed by atoms with Crippen LogP contribution in [-0.2, 0) is 11.2 Å². The van der Waals surface area contributed by atoms with Gasteiger partial charge in [-0.25, -0.2) is 4.98 Å². The number of aromatic nitrogens is 1. The minimum absolute atomic E-state index is 0.0521. The summed E-state index contributed by atoms with van der Waals surface area (Å²) < 4.78 is 5.71. The number of oxazole rings is 1. The Hall–Kier alpha value is -2.27. The molecule has 0 atom stereocenters. The predicted octanol–water partition coefficient (Wildman–Crippen LogP) is 4.51. The molecule has 0 saturated carbocycles. The van der Waals surface area contributed by atoms with Crippen LogP contribution in [0.15, 0.2) is 57.8 Å². The van der Waals surface area contributed by atoms with Gasteiger partial charge in [0.05, 0.1) is 0 Å². The van der Waals surface area contributed by atoms with Crippen LogP contribution in [0.5, 0.6) is 0 Å². The minimum atomic E-state index is -0.0521. The van der Waals surface area contributed by atoms with Gasteiger partial charge in [-0.3, -0.25) is 4.79 Å². The molecule has 0 aliphatic rings. The van der Waals surface area contributed by atoms with Crippen molar-refractivity contribution in [2.24, 2.45) is 0 Å². The zero-order valence-electron chi connectivity index (χ0n) is 12.9. The number of nitrogens with one attached hydrogen (secondary N) is 1. The number of benzene rings is 2. The lowest BCUT2D eigenvalue weighted by Gasteiger charge is -2.04. The third kappa shape index (κ3) is 4.36. The first-order chi connectivity index (χ1) is 11.2. The van der Waals surface area contributed by atoms with Crippen molar-refractivity contribution in [3.8, 4) is 0 Å². The number of rotatable bonds is 6. The lowest BCUT2D eigenvalue weighted by Crippen LogP contribution is -2.05. The van der Waals surface area contributed by atoms with Crippen molar-refractivity contribution in [2.45, 2.75) is 24.7 Å². The molecular formula is C18H18N2O2S. The summed E-state index contributed by atoms with van der Waals surface area (Å²) in [5, 5.41) is 2.76. The van der Waals surface area contributed by atoms with Crippen LogP contribution in [0.3, 0.4) is 0 Å². The number of carbonyl (C=O) groups is 1. The maximum atomic E-state index is 11.0. The van der Waals surface area contributed by atoms with Crippen molar-refractivity contribution in [1.29, 1.82) is 0 Å². The fourth-order valence-electron chi connectivity index (χ4n) is 2.28. The maximum absolute atomic E-state index is 11.0. The van der Waals surface area contributed by atoms with Crippen LogP contribution in [-0.4, -0.2) is 16.6 Å². The van der Waals surface area contributed by atoms with Crippen molar-refractivity contribution in [2.75, 3.05) is 11.1 Å². The molecule has 1 N–H and O–H groups in total. The van der Waals surface area contributed by atoms with Gasteiger partial charge in [0.2, 0.25) is 5.91 Å². The molecule has 3 rings (SSSR count). The molecule has 118 valence electrons. The SMILES string of the molecule is CC(=O)Nc1ccc(SCCCc2nc3ccccc3o2)cc1. The Balaban J connectivity index is 1.46. The first-order valence-corrected chi connectivity index (χ1v) is 8.54. The number of para-hydroxylation sites is 2. The number of hydrogen-bond donors (Lipinski definition) is 1. The molecule has 1 heterocycles. The van der Waals surface area contributed by atoms with Gasteiger partial charge >= 0.3 is 0 Å². The number of amides is 1. The summed E-state index contributed by atoms with van der Waals surface area (Å²) in [5.41, 5.74) is 2.60. The Kier molecular flexibility index (Phi) is 4.98. The van der Waals surface area contributed by atoms with Crippen LogP contribution < -0.4 is 5.32 Å². The highest BCUT2D eigenvalue weighted by atomic mass is 32.2. The fourth-order valence-corrected chi connectivity index (χ4v) is 3.13. The molecule has 0 unspecified atom stereocenters. The van der Waals surface area contributed by atoms with Gasteiger partial charge in [0, 0.05) is 23.9 Å². The second-order valence-corrected chi connectivity index (χ2v) is 6.40. The van der Waals surface area contributed by atoms with Gasteiger partial charge < -0.3 is 9.73 Å². The number of fused-ring (bicyclic) bond motifs is 1. The van der Waals surface area contributed by atoms with Crippen molar-refractivity contribution >= 4 is 34.5 Å². The molecule has 0 bridgehead atoms. The molecule has 2 aromatic carbocycles. The van der Waals surface area contributed by atoms with Gasteiger partial charge in [-0.1, -0.05) is 12.1 Å². The molecule has 0 spiro atoms. The molecule has 23 heavy (non-hydrogen) atoms. The van der Waals surface area contributed by atoms with E-state index < -0.39 is 0 Å². The number of nitrogens with zero attached hydrogens (tertiary/aromatic N) is 1. The van der Waals surface area contributed by atoms with Crippen LogP contribution in [0.4, 0.5) is 5.69 Å². The van der Waals surface area contributed by atoms with Crippen molar-refractivity contribution in [1.82, 2.24) is 4.98 Å². The van der Waals surface area contributed by atoms with Crippen LogP contribution in [0.2, 0.25) is 0 Å². The minimum Gasteiger partial charge on any atom is -0.441 e. The van der Waals surface area contributed by atoms with E-state index in [-0.39, 0.29) is 5.91 Å². The molecule has 0 aliphatic heterocycles. The van der Waals surface area contributed by atoms with Crippen molar-refractivity contribution in [3.63, 3.8) is 0 Å². The highest BCUT2D eigenvalue weighted by molar-refractivity contribution is 7.99. The number of hydrogen-bond acceptors (Lipinski definition) is 4. The standard InChI is InChI=1S/C18H18N2O2S/c1-13(21)19-14-8-10-15(11-9-14)23-12-4-7-18-20-16-5-2-3-6-17(16)22-18/h2-3,5-6,8-11H,4,7,12H2,1H3,(H,19,21). The molecule has 0 aliphatic carbocycles. The van der Waals surface area contributed by atoms with Crippen LogP contribution in [0.25, 0.3) is 11.1 Å². The summed E-state index contributed by atoms with van der Waals surface area (Å²) in [6, 6.07) is 15.7. The van der Waals surface area contributed by atoms with Crippen molar-refractivity contribution < 1.29 is 9.21 Å². The predicted molar refractivity (Wildman–Crippen MR) is 93.8 cm³/mol. The van der Waals surface area contributed by atoms with E-state index in [1.165, 1.54) is 11.8 Å². The Morgan fingerprint density at radius 3 is 2.70 bits per heavy atom. The molecule has 0 saturated heterocycles. The molecule has 5 heteroatoms. The molecule has 0 fully saturated rings. The van der Waals surface area contributed by atoms with E-state index in [4.69, 9.17) is 4.42 Å². The smallest absolute Gasteiger partial charge is 0.221 e. The summed E-state index contributed by atoms with van der Waals surface area (Å²) in [7, 11) is 0. The van der Waals surface area contributed by atoms with E-state index >= 15 is 0 Å². The zero-order valence-corrected chi connectivity index (χ0v) is 13.7. The monoisotopic (exact) mass is 326 g/mol. The average molecular weight is 326 g/mol. The largest absolute Gasteiger partial charge is 0.441 e. The summed E-state index contributed by atoms with van der Waals surface area (Å²) in [6.45, 7) is 1.51. The molecule has 0 radical (unpaired) electrons. The average Bonchev–Trinajstić information content (AvgIpc) is 2.95. The number of thioether (sulfide) groups is 1. The Labute approximate surface area is 139 Å². The van der Waals surface area contributed by atoms with Crippen LogP contribution in [0.1, 0.15) is 19.2 Å². The third-order valence-corrected chi connectivity index (χ3v) is 4.41. The van der Waals surface area contributed by atoms with Gasteiger partial charge in [0.15, 0.2) is 11.5 Å². The Bertz CT molecular complexity index is 763. The first-order valence-electron chi connectivity index (χ1n) is 7.55. The lowest BCUT2D eigenvalue weighted by molar-refractivity contribution is -0.114. The third-order valence-electron chi connectivity index (χ3n) is 3.32. The summed E-state index contributed by atoms with van der Waals surface area (Å²) in [6.07, 6.45) is 1.84. The zero-order chi connectivity index (χ0) is 16.1. The summed E-state index contributed by atoms with van der Waals surface area (Å²) in [5.74, 6) is 1.75. The topological polar surface area (TPSA) is 55.1 Å². The van der Waals surface area contributed by atoms with E-state index in [0.717, 1.165) is 41.3 Å². The summed E-state index contributed by atoms with van der Waals surface area (Å²) >= 11 is 1.79. The van der Waals surface area contributed by atoms with Gasteiger partial charge in [-0.2, -0.15) is 0 Å². The van der Waals surface area contributed by atoms with E-state index in [1.807, 2.05) is 48.5 Å². The quantitative estimate of drug-likeness (QED) is 0.535. The Morgan fingerprint density at radius 1 is 1.17 bits per heavy atom. The molecule has 4 nitrogen and oxygen atoms in total.